The fraction of sp³-hybridized carbons (Fsp3) is 0.557. The minimum atomic E-state index is -2.06. The smallest absolute Gasteiger partial charge is 0.407 e. The summed E-state index contributed by atoms with van der Waals surface area (Å²) in [6.07, 6.45) is 4.62. The normalized spacial score (nSPS) is 17.0. The summed E-state index contributed by atoms with van der Waals surface area (Å²) >= 11 is 0. The standard InChI is InChI=1S/C70H93FN14O19/c1-6-70(96)47-31-53-62-45(34-85(53)66(92)46(47)36-103-67(70)93)60-49(19-18-44-41(4)48(71)32-51(79-62)59(44)60)78-58(89)37-101-39-76-56(87)33-75-69(95)104-35-42-14-16-43(17-15-42)77-64(90)50(11-10-21-74-68(72)94)80-65(91)61(40(2)3)81-55(86)20-23-97-25-27-99-29-30-100-28-26-98-24-22-73-57(88)38-102-54-13-9-7-8-12-52-63(54)82-83-84(52)5/h14-17,31-32,40,49-50,54,61,96H,6-13,18-30,33-39H2,1-5H3,(H,73,88)(H,75,95)(H,76,87)(H,77,90)(H,78,89)(H,80,91)(H,81,86)(H3,72,74,94)/t49?,50-,54?,61-,70-/m0/s1. The number of esters is 1. The van der Waals surface area contributed by atoms with Crippen LogP contribution in [0.5, 0.6) is 0 Å². The van der Waals surface area contributed by atoms with Gasteiger partial charge in [-0.05, 0) is 105 Å². The minimum absolute atomic E-state index is 0.0452. The third-order valence-corrected chi connectivity index (χ3v) is 18.4. The molecule has 2 unspecified atom stereocenters. The number of rotatable bonds is 38. The number of anilines is 1. The number of cyclic esters (lactones) is 1. The van der Waals surface area contributed by atoms with Gasteiger partial charge in [0.2, 0.25) is 35.4 Å². The van der Waals surface area contributed by atoms with Crippen molar-refractivity contribution in [3.8, 4) is 11.4 Å². The van der Waals surface area contributed by atoms with Gasteiger partial charge in [0.25, 0.3) is 5.56 Å². The number of primary amides is 1. The summed E-state index contributed by atoms with van der Waals surface area (Å²) in [5.41, 5.74) is 9.06. The van der Waals surface area contributed by atoms with Crippen LogP contribution in [0.2, 0.25) is 0 Å². The first-order valence-corrected chi connectivity index (χ1v) is 35.0. The number of nitrogens with two attached hydrogens (primary N) is 1. The molecule has 2 aliphatic carbocycles. The molecular weight excluding hydrogens is 1360 g/mol. The van der Waals surface area contributed by atoms with Crippen molar-refractivity contribution < 1.29 is 90.5 Å². The van der Waals surface area contributed by atoms with Crippen LogP contribution >= 0.6 is 0 Å². The van der Waals surface area contributed by atoms with Crippen LogP contribution in [0, 0.1) is 18.7 Å². The van der Waals surface area contributed by atoms with Crippen molar-refractivity contribution in [3.05, 3.63) is 103 Å². The van der Waals surface area contributed by atoms with Crippen LogP contribution in [0.25, 0.3) is 22.3 Å². The Kier molecular flexibility index (Phi) is 28.5. The number of ether oxygens (including phenoxy) is 8. The molecule has 34 heteroatoms. The second-order valence-corrected chi connectivity index (χ2v) is 26.0. The molecule has 5 atom stereocenters. The Balaban J connectivity index is 0.629. The SMILES string of the molecule is CC[C@@]1(O)C(=O)OCc2c1cc1n(c2=O)Cc2c-1nc1cc(F)c(C)c3c1c2C(NC(=O)COCNC(=O)CNC(=O)OCc1ccc(NC(=O)[C@H](CCCNC(N)=O)NC(=O)[C@@H](NC(=O)CCOCCOCCOCCOCCNC(=O)COC2CCCCCc4c2nnn4C)C(C)C)cc1)CC3. The average molecular weight is 1450 g/mol. The zero-order valence-corrected chi connectivity index (χ0v) is 59.1. The minimum Gasteiger partial charge on any atom is -0.458 e. The molecule has 5 heterocycles. The van der Waals surface area contributed by atoms with Gasteiger partial charge in [-0.3, -0.25) is 38.2 Å². The van der Waals surface area contributed by atoms with Gasteiger partial charge >= 0.3 is 18.1 Å². The molecule has 0 saturated carbocycles. The molecule has 33 nitrogen and oxygen atoms in total. The number of carbonyl (C=O) groups is 9. The van der Waals surface area contributed by atoms with Gasteiger partial charge in [0.15, 0.2) is 5.60 Å². The first kappa shape index (κ1) is 78.6. The molecule has 564 valence electrons. The summed E-state index contributed by atoms with van der Waals surface area (Å²) in [5, 5.41) is 41.7. The van der Waals surface area contributed by atoms with Crippen LogP contribution in [0.4, 0.5) is 19.7 Å². The Morgan fingerprint density at radius 2 is 1.52 bits per heavy atom. The number of urea groups is 1. The number of nitrogens with one attached hydrogen (secondary N) is 8. The highest BCUT2D eigenvalue weighted by atomic mass is 19.1. The fourth-order valence-electron chi connectivity index (χ4n) is 12.8. The topological polar surface area (TPSA) is 436 Å². The molecule has 2 aliphatic heterocycles. The molecular formula is C70H93FN14O19. The van der Waals surface area contributed by atoms with Gasteiger partial charge < -0.3 is 95.8 Å². The summed E-state index contributed by atoms with van der Waals surface area (Å²) in [4.78, 5) is 135. The molecule has 9 amide bonds. The van der Waals surface area contributed by atoms with Crippen LogP contribution in [0.15, 0.2) is 41.2 Å². The highest BCUT2D eigenvalue weighted by Crippen LogP contribution is 2.46. The summed E-state index contributed by atoms with van der Waals surface area (Å²) in [6.45, 7) is 7.26. The van der Waals surface area contributed by atoms with Crippen LogP contribution in [0.1, 0.15) is 141 Å². The summed E-state index contributed by atoms with van der Waals surface area (Å²) in [6, 6.07) is 5.57. The Bertz CT molecular complexity index is 3980. The molecule has 0 radical (unpaired) electrons. The molecule has 9 rings (SSSR count). The maximum atomic E-state index is 15.4. The van der Waals surface area contributed by atoms with Gasteiger partial charge in [0, 0.05) is 54.8 Å². The number of aromatic nitrogens is 5. The van der Waals surface area contributed by atoms with E-state index in [1.807, 2.05) is 7.05 Å². The first-order valence-electron chi connectivity index (χ1n) is 35.0. The van der Waals surface area contributed by atoms with Crippen molar-refractivity contribution in [1.82, 2.24) is 61.8 Å². The summed E-state index contributed by atoms with van der Waals surface area (Å²) in [5.74, 6) is -4.86. The molecule has 0 fully saturated rings. The number of hydrogen-bond acceptors (Lipinski definition) is 22. The number of aliphatic hydroxyl groups is 1. The van der Waals surface area contributed by atoms with Gasteiger partial charge in [0.05, 0.1) is 93.6 Å². The number of nitrogens with zero attached hydrogens (tertiary/aromatic N) is 5. The van der Waals surface area contributed by atoms with E-state index in [1.54, 1.807) is 62.7 Å². The highest BCUT2D eigenvalue weighted by Gasteiger charge is 2.46. The second kappa shape index (κ2) is 37.7. The third-order valence-electron chi connectivity index (χ3n) is 18.4. The monoisotopic (exact) mass is 1450 g/mol. The zero-order chi connectivity index (χ0) is 74.5. The lowest BCUT2D eigenvalue weighted by Crippen LogP contribution is -2.54. The molecule has 2 aromatic carbocycles. The maximum absolute atomic E-state index is 15.4. The lowest BCUT2D eigenvalue weighted by Gasteiger charge is -2.31. The van der Waals surface area contributed by atoms with E-state index in [0.717, 1.165) is 49.1 Å². The first-order chi connectivity index (χ1) is 50.0. The Hall–Kier alpha value is -9.58. The quantitative estimate of drug-likeness (QED) is 0.0151. The fourth-order valence-corrected chi connectivity index (χ4v) is 12.8. The van der Waals surface area contributed by atoms with E-state index in [0.29, 0.717) is 103 Å². The van der Waals surface area contributed by atoms with Crippen molar-refractivity contribution in [3.63, 3.8) is 0 Å². The van der Waals surface area contributed by atoms with Gasteiger partial charge in [-0.25, -0.2) is 23.8 Å². The van der Waals surface area contributed by atoms with Crippen LogP contribution in [0.3, 0.4) is 0 Å². The summed E-state index contributed by atoms with van der Waals surface area (Å²) < 4.78 is 62.8. The Morgan fingerprint density at radius 1 is 0.788 bits per heavy atom. The van der Waals surface area contributed by atoms with Crippen molar-refractivity contribution in [2.75, 3.05) is 97.8 Å². The number of benzene rings is 2. The maximum Gasteiger partial charge on any atom is 0.407 e. The number of hydrogen-bond donors (Lipinski definition) is 10. The van der Waals surface area contributed by atoms with E-state index in [9.17, 15) is 53.1 Å². The number of pyridine rings is 2. The van der Waals surface area contributed by atoms with Crippen molar-refractivity contribution in [2.24, 2.45) is 18.7 Å². The van der Waals surface area contributed by atoms with Crippen molar-refractivity contribution in [1.29, 1.82) is 0 Å². The number of amides is 9. The zero-order valence-electron chi connectivity index (χ0n) is 59.1. The van der Waals surface area contributed by atoms with Crippen LogP contribution < -0.4 is 53.8 Å². The van der Waals surface area contributed by atoms with Crippen molar-refractivity contribution in [2.45, 2.75) is 148 Å². The average Bonchev–Trinajstić information content (AvgIpc) is 1.50. The molecule has 0 spiro atoms. The number of halogens is 1. The lowest BCUT2D eigenvalue weighted by molar-refractivity contribution is -0.172. The van der Waals surface area contributed by atoms with Gasteiger partial charge in [-0.2, -0.15) is 0 Å². The van der Waals surface area contributed by atoms with Gasteiger partial charge in [-0.1, -0.05) is 51.0 Å². The molecule has 5 aromatic rings. The van der Waals surface area contributed by atoms with Crippen LogP contribution in [-0.4, -0.2) is 188 Å². The lowest BCUT2D eigenvalue weighted by atomic mass is 9.81. The Labute approximate surface area is 598 Å². The summed E-state index contributed by atoms with van der Waals surface area (Å²) in [7, 11) is 1.87. The third kappa shape index (κ3) is 20.6. The van der Waals surface area contributed by atoms with Gasteiger partial charge in [0.1, 0.15) is 69.4 Å². The number of fused-ring (bicyclic) bond motifs is 6. The van der Waals surface area contributed by atoms with E-state index >= 15 is 4.39 Å². The molecule has 11 N–H and O–H groups in total. The van der Waals surface area contributed by atoms with Crippen LogP contribution in [-0.2, 0) is 117 Å². The van der Waals surface area contributed by atoms with Gasteiger partial charge in [-0.15, -0.1) is 5.10 Å². The van der Waals surface area contributed by atoms with E-state index in [4.69, 9.17) is 48.6 Å². The molecule has 3 aromatic heterocycles. The largest absolute Gasteiger partial charge is 0.458 e. The number of carbonyl (C=O) groups excluding carboxylic acids is 9. The predicted molar refractivity (Wildman–Crippen MR) is 369 cm³/mol. The van der Waals surface area contributed by atoms with E-state index < -0.39 is 109 Å². The number of alkyl carbamates (subject to hydrolysis) is 1. The Morgan fingerprint density at radius 3 is 2.24 bits per heavy atom. The number of aryl methyl sites for hydroxylation is 2. The molecule has 0 saturated heterocycles. The highest BCUT2D eigenvalue weighted by molar-refractivity contribution is 5.99. The molecule has 0 bridgehead atoms. The molecule has 104 heavy (non-hydrogen) atoms. The predicted octanol–water partition coefficient (Wildman–Crippen LogP) is 2.24. The van der Waals surface area contributed by atoms with Crippen molar-refractivity contribution >= 4 is 70.1 Å². The molecule has 4 aliphatic rings. The van der Waals surface area contributed by atoms with E-state index in [-0.39, 0.29) is 102 Å². The second-order valence-electron chi connectivity index (χ2n) is 26.0. The van der Waals surface area contributed by atoms with E-state index in [1.165, 1.54) is 10.6 Å². The van der Waals surface area contributed by atoms with E-state index in [2.05, 4.69) is 52.8 Å².